The highest BCUT2D eigenvalue weighted by Crippen LogP contribution is 2.23. The van der Waals surface area contributed by atoms with E-state index in [1.165, 1.54) is 6.20 Å². The second kappa shape index (κ2) is 6.91. The number of aromatic nitrogens is 3. The van der Waals surface area contributed by atoms with Gasteiger partial charge >= 0.3 is 5.97 Å². The smallest absolute Gasteiger partial charge is 0.339 e. The van der Waals surface area contributed by atoms with Crippen LogP contribution in [0.4, 0.5) is 0 Å². The number of nitrogens with zero attached hydrogens (tertiary/aromatic N) is 3. The molecule has 0 fully saturated rings. The van der Waals surface area contributed by atoms with Gasteiger partial charge in [0.1, 0.15) is 5.75 Å². The molecule has 7 nitrogen and oxygen atoms in total. The second-order valence-electron chi connectivity index (χ2n) is 4.87. The Labute approximate surface area is 138 Å². The maximum absolute atomic E-state index is 11.6. The molecule has 24 heavy (non-hydrogen) atoms. The first-order valence-corrected chi connectivity index (χ1v) is 7.37. The summed E-state index contributed by atoms with van der Waals surface area (Å²) < 4.78 is 15.5. The third-order valence-electron chi connectivity index (χ3n) is 3.11. The zero-order valence-electron chi connectivity index (χ0n) is 13.2. The summed E-state index contributed by atoms with van der Waals surface area (Å²) in [5.74, 6) is 1.62. The zero-order valence-corrected chi connectivity index (χ0v) is 13.2. The Kier molecular flexibility index (Phi) is 4.51. The fourth-order valence-electron chi connectivity index (χ4n) is 1.99. The molecule has 0 aliphatic rings. The first-order valence-electron chi connectivity index (χ1n) is 7.37. The Morgan fingerprint density at radius 3 is 2.54 bits per heavy atom. The molecule has 2 aromatic heterocycles. The van der Waals surface area contributed by atoms with Gasteiger partial charge in [-0.15, -0.1) is 0 Å². The van der Waals surface area contributed by atoms with Crippen molar-refractivity contribution in [2.75, 3.05) is 6.61 Å². The summed E-state index contributed by atoms with van der Waals surface area (Å²) in [6.07, 6.45) is 1.42. The van der Waals surface area contributed by atoms with Gasteiger partial charge in [0, 0.05) is 24.8 Å². The van der Waals surface area contributed by atoms with Crippen LogP contribution in [-0.4, -0.2) is 27.7 Å². The molecule has 0 bridgehead atoms. The fraction of sp³-hybridized carbons (Fsp3) is 0.176. The Morgan fingerprint density at radius 2 is 1.96 bits per heavy atom. The summed E-state index contributed by atoms with van der Waals surface area (Å²) in [5.41, 5.74) is 1.21. The number of hydrogen-bond donors (Lipinski definition) is 0. The molecule has 7 heteroatoms. The number of rotatable bonds is 5. The van der Waals surface area contributed by atoms with Crippen molar-refractivity contribution in [2.45, 2.75) is 13.8 Å². The van der Waals surface area contributed by atoms with Gasteiger partial charge in [0.15, 0.2) is 0 Å². The average molecular weight is 325 g/mol. The normalized spacial score (nSPS) is 10.4. The van der Waals surface area contributed by atoms with E-state index < -0.39 is 5.97 Å². The van der Waals surface area contributed by atoms with Crippen LogP contribution in [0.3, 0.4) is 0 Å². The van der Waals surface area contributed by atoms with Crippen LogP contribution in [0.25, 0.3) is 11.4 Å². The second-order valence-corrected chi connectivity index (χ2v) is 4.87. The van der Waals surface area contributed by atoms with E-state index in [0.29, 0.717) is 35.5 Å². The van der Waals surface area contributed by atoms with Crippen molar-refractivity contribution in [3.63, 3.8) is 0 Å². The summed E-state index contributed by atoms with van der Waals surface area (Å²) in [4.78, 5) is 19.8. The van der Waals surface area contributed by atoms with Crippen LogP contribution >= 0.6 is 0 Å². The van der Waals surface area contributed by atoms with Gasteiger partial charge in [-0.25, -0.2) is 9.78 Å². The third kappa shape index (κ3) is 3.57. The molecule has 122 valence electrons. The highest BCUT2D eigenvalue weighted by molar-refractivity contribution is 5.89. The summed E-state index contributed by atoms with van der Waals surface area (Å²) in [5, 5.41) is 3.86. The van der Waals surface area contributed by atoms with Gasteiger partial charge < -0.3 is 14.0 Å². The highest BCUT2D eigenvalue weighted by Gasteiger charge is 2.08. The molecule has 0 spiro atoms. The zero-order chi connectivity index (χ0) is 16.9. The van der Waals surface area contributed by atoms with E-state index >= 15 is 0 Å². The number of benzene rings is 1. The lowest BCUT2D eigenvalue weighted by atomic mass is 10.2. The number of carbonyl (C=O) groups excluding carboxylic acids is 1. The topological polar surface area (TPSA) is 87.3 Å². The molecule has 0 unspecified atom stereocenters. The molecule has 0 aliphatic carbocycles. The van der Waals surface area contributed by atoms with Crippen molar-refractivity contribution in [2.24, 2.45) is 0 Å². The maximum Gasteiger partial charge on any atom is 0.339 e. The van der Waals surface area contributed by atoms with Gasteiger partial charge in [-0.2, -0.15) is 4.98 Å². The van der Waals surface area contributed by atoms with Crippen LogP contribution in [0.15, 0.2) is 47.1 Å². The first-order chi connectivity index (χ1) is 11.7. The van der Waals surface area contributed by atoms with Crippen molar-refractivity contribution in [3.05, 3.63) is 54.0 Å². The maximum atomic E-state index is 11.6. The first kappa shape index (κ1) is 15.7. The number of pyridine rings is 1. The Hall–Kier alpha value is -3.22. The van der Waals surface area contributed by atoms with Crippen molar-refractivity contribution in [3.8, 4) is 23.0 Å². The minimum atomic E-state index is -0.406. The minimum absolute atomic E-state index is 0.323. The predicted octanol–water partition coefficient (Wildman–Crippen LogP) is 3.41. The number of ether oxygens (including phenoxy) is 2. The van der Waals surface area contributed by atoms with Gasteiger partial charge in [-0.3, -0.25) is 0 Å². The van der Waals surface area contributed by atoms with Gasteiger partial charge in [0.25, 0.3) is 0 Å². The van der Waals surface area contributed by atoms with Crippen LogP contribution in [-0.2, 0) is 4.74 Å². The van der Waals surface area contributed by atoms with Crippen LogP contribution in [0.1, 0.15) is 23.2 Å². The van der Waals surface area contributed by atoms with E-state index in [4.69, 9.17) is 14.0 Å². The van der Waals surface area contributed by atoms with Crippen molar-refractivity contribution < 1.29 is 18.8 Å². The monoisotopic (exact) mass is 325 g/mol. The van der Waals surface area contributed by atoms with E-state index in [1.807, 2.05) is 12.1 Å². The van der Waals surface area contributed by atoms with Crippen LogP contribution < -0.4 is 4.74 Å². The molecule has 3 rings (SSSR count). The van der Waals surface area contributed by atoms with Crippen LogP contribution in [0, 0.1) is 6.92 Å². The number of aryl methyl sites for hydroxylation is 1. The van der Waals surface area contributed by atoms with Gasteiger partial charge in [-0.1, -0.05) is 5.16 Å². The van der Waals surface area contributed by atoms with Gasteiger partial charge in [0.05, 0.1) is 12.2 Å². The SMILES string of the molecule is CCOC(=O)c1ccc(Oc2ccc(-c3noc(C)n3)cc2)nc1. The molecular formula is C17H15N3O4. The van der Waals surface area contributed by atoms with Gasteiger partial charge in [0.2, 0.25) is 17.6 Å². The van der Waals surface area contributed by atoms with E-state index in [2.05, 4.69) is 15.1 Å². The molecule has 0 N–H and O–H groups in total. The highest BCUT2D eigenvalue weighted by atomic mass is 16.5. The number of esters is 1. The summed E-state index contributed by atoms with van der Waals surface area (Å²) >= 11 is 0. The van der Waals surface area contributed by atoms with Gasteiger partial charge in [-0.05, 0) is 37.3 Å². The van der Waals surface area contributed by atoms with Crippen molar-refractivity contribution >= 4 is 5.97 Å². The number of carbonyl (C=O) groups is 1. The fourth-order valence-corrected chi connectivity index (χ4v) is 1.99. The molecule has 0 saturated carbocycles. The Morgan fingerprint density at radius 1 is 1.17 bits per heavy atom. The Balaban J connectivity index is 1.68. The molecule has 1 aromatic carbocycles. The quantitative estimate of drug-likeness (QED) is 0.664. The standard InChI is InChI=1S/C17H15N3O4/c1-3-22-17(21)13-6-9-15(18-10-13)23-14-7-4-12(5-8-14)16-19-11(2)24-20-16/h4-10H,3H2,1-2H3. The lowest BCUT2D eigenvalue weighted by Gasteiger charge is -2.06. The Bertz CT molecular complexity index is 826. The van der Waals surface area contributed by atoms with Crippen LogP contribution in [0.5, 0.6) is 11.6 Å². The minimum Gasteiger partial charge on any atom is -0.462 e. The van der Waals surface area contributed by atoms with Crippen LogP contribution in [0.2, 0.25) is 0 Å². The average Bonchev–Trinajstić information content (AvgIpc) is 3.03. The largest absolute Gasteiger partial charge is 0.462 e. The van der Waals surface area contributed by atoms with E-state index in [9.17, 15) is 4.79 Å². The third-order valence-corrected chi connectivity index (χ3v) is 3.11. The summed E-state index contributed by atoms with van der Waals surface area (Å²) in [6, 6.07) is 10.4. The van der Waals surface area contributed by atoms with Crippen molar-refractivity contribution in [1.29, 1.82) is 0 Å². The summed E-state index contributed by atoms with van der Waals surface area (Å²) in [7, 11) is 0. The molecule has 3 aromatic rings. The predicted molar refractivity (Wildman–Crippen MR) is 84.7 cm³/mol. The molecule has 0 saturated heterocycles. The molecule has 2 heterocycles. The molecule has 0 aliphatic heterocycles. The number of hydrogen-bond acceptors (Lipinski definition) is 7. The lowest BCUT2D eigenvalue weighted by Crippen LogP contribution is -2.04. The lowest BCUT2D eigenvalue weighted by molar-refractivity contribution is 0.0526. The van der Waals surface area contributed by atoms with E-state index in [-0.39, 0.29) is 0 Å². The molecule has 0 amide bonds. The molecule has 0 atom stereocenters. The summed E-state index contributed by atoms with van der Waals surface area (Å²) in [6.45, 7) is 3.81. The molecule has 0 radical (unpaired) electrons. The van der Waals surface area contributed by atoms with E-state index in [0.717, 1.165) is 5.56 Å². The van der Waals surface area contributed by atoms with Crippen molar-refractivity contribution in [1.82, 2.24) is 15.1 Å². The molecular weight excluding hydrogens is 310 g/mol. The van der Waals surface area contributed by atoms with E-state index in [1.54, 1.807) is 38.1 Å².